The third-order valence-corrected chi connectivity index (χ3v) is 3.46. The third-order valence-electron chi connectivity index (χ3n) is 3.46. The van der Waals surface area contributed by atoms with Crippen LogP contribution in [0.5, 0.6) is 0 Å². The van der Waals surface area contributed by atoms with E-state index < -0.39 is 0 Å². The first kappa shape index (κ1) is 11.6. The summed E-state index contributed by atoms with van der Waals surface area (Å²) in [5.41, 5.74) is 1.24. The smallest absolute Gasteiger partial charge is 0.0534 e. The van der Waals surface area contributed by atoms with E-state index in [0.717, 1.165) is 0 Å². The zero-order valence-electron chi connectivity index (χ0n) is 10.4. The average Bonchev–Trinajstić information content (AvgIpc) is 2.87. The Hall–Kier alpha value is -0.870. The van der Waals surface area contributed by atoms with Crippen LogP contribution in [0.2, 0.25) is 0 Å². The van der Waals surface area contributed by atoms with Gasteiger partial charge in [0.15, 0.2) is 0 Å². The fraction of sp³-hybridized carbons (Fsp3) is 0.750. The van der Waals surface area contributed by atoms with Crippen LogP contribution in [0.4, 0.5) is 0 Å². The molecule has 1 aliphatic heterocycles. The van der Waals surface area contributed by atoms with Gasteiger partial charge in [0.2, 0.25) is 0 Å². The summed E-state index contributed by atoms with van der Waals surface area (Å²) in [5, 5.41) is 10.5. The molecular formula is C12H22N4. The molecule has 2 rings (SSSR count). The lowest BCUT2D eigenvalue weighted by Crippen LogP contribution is -2.36. The summed E-state index contributed by atoms with van der Waals surface area (Å²) in [6.45, 7) is 9.11. The highest BCUT2D eigenvalue weighted by Crippen LogP contribution is 2.17. The predicted octanol–water partition coefficient (Wildman–Crippen LogP) is 1.54. The number of hydrogen-bond donors (Lipinski definition) is 2. The van der Waals surface area contributed by atoms with Crippen LogP contribution in [-0.4, -0.2) is 40.3 Å². The Morgan fingerprint density at radius 2 is 2.31 bits per heavy atom. The lowest BCUT2D eigenvalue weighted by molar-refractivity contribution is 0.266. The number of nitrogens with one attached hydrogen (secondary N) is 2. The van der Waals surface area contributed by atoms with E-state index in [0.29, 0.717) is 18.1 Å². The standard InChI is InChI=1S/C12H22N4/c1-9(2)16-5-4-12(8-16)15-10(3)11-6-13-14-7-11/h6-7,9-10,12,15H,4-5,8H2,1-3H3,(H,13,14). The van der Waals surface area contributed by atoms with Crippen molar-refractivity contribution >= 4 is 0 Å². The molecule has 2 N–H and O–H groups in total. The molecule has 1 aliphatic rings. The fourth-order valence-corrected chi connectivity index (χ4v) is 2.34. The van der Waals surface area contributed by atoms with Gasteiger partial charge in [-0.25, -0.2) is 0 Å². The van der Waals surface area contributed by atoms with Crippen molar-refractivity contribution in [3.05, 3.63) is 18.0 Å². The molecule has 0 aliphatic carbocycles. The van der Waals surface area contributed by atoms with E-state index in [1.165, 1.54) is 25.1 Å². The van der Waals surface area contributed by atoms with Crippen LogP contribution in [-0.2, 0) is 0 Å². The van der Waals surface area contributed by atoms with Crippen molar-refractivity contribution < 1.29 is 0 Å². The van der Waals surface area contributed by atoms with E-state index in [1.807, 2.05) is 12.4 Å². The minimum Gasteiger partial charge on any atom is -0.306 e. The second-order valence-electron chi connectivity index (χ2n) is 4.99. The molecule has 1 saturated heterocycles. The fourth-order valence-electron chi connectivity index (χ4n) is 2.34. The summed E-state index contributed by atoms with van der Waals surface area (Å²) >= 11 is 0. The molecule has 0 aromatic carbocycles. The molecule has 2 atom stereocenters. The van der Waals surface area contributed by atoms with E-state index in [4.69, 9.17) is 0 Å². The van der Waals surface area contributed by atoms with Crippen LogP contribution >= 0.6 is 0 Å². The van der Waals surface area contributed by atoms with Gasteiger partial charge in [-0.1, -0.05) is 0 Å². The van der Waals surface area contributed by atoms with Crippen LogP contribution in [0.3, 0.4) is 0 Å². The second-order valence-corrected chi connectivity index (χ2v) is 4.99. The molecule has 1 aromatic heterocycles. The summed E-state index contributed by atoms with van der Waals surface area (Å²) in [6.07, 6.45) is 5.11. The molecular weight excluding hydrogens is 200 g/mol. The van der Waals surface area contributed by atoms with Gasteiger partial charge in [-0.15, -0.1) is 0 Å². The Kier molecular flexibility index (Phi) is 3.61. The number of H-pyrrole nitrogens is 1. The van der Waals surface area contributed by atoms with Gasteiger partial charge in [0.25, 0.3) is 0 Å². The van der Waals surface area contributed by atoms with Gasteiger partial charge in [0.1, 0.15) is 0 Å². The predicted molar refractivity (Wildman–Crippen MR) is 65.3 cm³/mol. The lowest BCUT2D eigenvalue weighted by Gasteiger charge is -2.22. The summed E-state index contributed by atoms with van der Waals surface area (Å²) in [5.74, 6) is 0. The molecule has 16 heavy (non-hydrogen) atoms. The topological polar surface area (TPSA) is 44.0 Å². The van der Waals surface area contributed by atoms with Crippen LogP contribution in [0.15, 0.2) is 12.4 Å². The zero-order valence-corrected chi connectivity index (χ0v) is 10.4. The summed E-state index contributed by atoms with van der Waals surface area (Å²) in [6, 6.07) is 1.67. The Balaban J connectivity index is 1.83. The molecule has 1 fully saturated rings. The van der Waals surface area contributed by atoms with Gasteiger partial charge in [0, 0.05) is 36.4 Å². The number of hydrogen-bond acceptors (Lipinski definition) is 3. The Morgan fingerprint density at radius 3 is 2.88 bits per heavy atom. The first-order valence-corrected chi connectivity index (χ1v) is 6.15. The van der Waals surface area contributed by atoms with E-state index in [9.17, 15) is 0 Å². The summed E-state index contributed by atoms with van der Waals surface area (Å²) < 4.78 is 0. The minimum absolute atomic E-state index is 0.385. The molecule has 0 spiro atoms. The van der Waals surface area contributed by atoms with Gasteiger partial charge >= 0.3 is 0 Å². The molecule has 4 heteroatoms. The first-order valence-electron chi connectivity index (χ1n) is 6.15. The van der Waals surface area contributed by atoms with E-state index in [2.05, 4.69) is 41.2 Å². The highest BCUT2D eigenvalue weighted by molar-refractivity contribution is 5.08. The Labute approximate surface area is 97.4 Å². The van der Waals surface area contributed by atoms with Crippen molar-refractivity contribution in [1.29, 1.82) is 0 Å². The van der Waals surface area contributed by atoms with Crippen LogP contribution < -0.4 is 5.32 Å². The van der Waals surface area contributed by atoms with Gasteiger partial charge in [-0.2, -0.15) is 5.10 Å². The Bertz CT molecular complexity index is 307. The normalized spacial score (nSPS) is 24.1. The van der Waals surface area contributed by atoms with E-state index >= 15 is 0 Å². The molecule has 90 valence electrons. The second kappa shape index (κ2) is 4.97. The number of rotatable bonds is 4. The van der Waals surface area contributed by atoms with Gasteiger partial charge in [-0.05, 0) is 33.7 Å². The number of nitrogens with zero attached hydrogens (tertiary/aromatic N) is 2. The molecule has 0 amide bonds. The molecule has 0 radical (unpaired) electrons. The largest absolute Gasteiger partial charge is 0.306 e. The maximum absolute atomic E-state index is 3.99. The SMILES string of the molecule is CC(NC1CCN(C(C)C)C1)c1cn[nH]c1. The maximum atomic E-state index is 3.99. The summed E-state index contributed by atoms with van der Waals surface area (Å²) in [4.78, 5) is 2.53. The third kappa shape index (κ3) is 2.62. The van der Waals surface area contributed by atoms with Gasteiger partial charge in [0.05, 0.1) is 6.20 Å². The molecule has 0 bridgehead atoms. The molecule has 2 unspecified atom stereocenters. The summed E-state index contributed by atoms with van der Waals surface area (Å²) in [7, 11) is 0. The van der Waals surface area contributed by atoms with Crippen molar-refractivity contribution in [2.45, 2.75) is 45.3 Å². The lowest BCUT2D eigenvalue weighted by atomic mass is 10.1. The first-order chi connectivity index (χ1) is 7.66. The maximum Gasteiger partial charge on any atom is 0.0534 e. The van der Waals surface area contributed by atoms with Crippen molar-refractivity contribution in [2.75, 3.05) is 13.1 Å². The quantitative estimate of drug-likeness (QED) is 0.812. The van der Waals surface area contributed by atoms with E-state index in [-0.39, 0.29) is 0 Å². The van der Waals surface area contributed by atoms with Crippen molar-refractivity contribution in [1.82, 2.24) is 20.4 Å². The zero-order chi connectivity index (χ0) is 11.5. The molecule has 4 nitrogen and oxygen atoms in total. The van der Waals surface area contributed by atoms with Crippen LogP contribution in [0.1, 0.15) is 38.8 Å². The minimum atomic E-state index is 0.385. The molecule has 2 heterocycles. The van der Waals surface area contributed by atoms with E-state index in [1.54, 1.807) is 0 Å². The van der Waals surface area contributed by atoms with Crippen LogP contribution in [0, 0.1) is 0 Å². The molecule has 0 saturated carbocycles. The van der Waals surface area contributed by atoms with Crippen LogP contribution in [0.25, 0.3) is 0 Å². The van der Waals surface area contributed by atoms with Gasteiger partial charge in [-0.3, -0.25) is 10.00 Å². The number of likely N-dealkylation sites (tertiary alicyclic amines) is 1. The Morgan fingerprint density at radius 1 is 1.50 bits per heavy atom. The monoisotopic (exact) mass is 222 g/mol. The van der Waals surface area contributed by atoms with Crippen molar-refractivity contribution in [2.24, 2.45) is 0 Å². The highest BCUT2D eigenvalue weighted by atomic mass is 15.2. The van der Waals surface area contributed by atoms with Crippen molar-refractivity contribution in [3.8, 4) is 0 Å². The average molecular weight is 222 g/mol. The number of aromatic nitrogens is 2. The van der Waals surface area contributed by atoms with Crippen molar-refractivity contribution in [3.63, 3.8) is 0 Å². The van der Waals surface area contributed by atoms with Gasteiger partial charge < -0.3 is 5.32 Å². The molecule has 1 aromatic rings. The number of aromatic amines is 1. The highest BCUT2D eigenvalue weighted by Gasteiger charge is 2.25.